The number of carbonyl (C=O) groups is 1. The van der Waals surface area contributed by atoms with Crippen LogP contribution >= 0.6 is 0 Å². The zero-order valence-corrected chi connectivity index (χ0v) is 13.2. The van der Waals surface area contributed by atoms with Gasteiger partial charge in [0.15, 0.2) is 0 Å². The summed E-state index contributed by atoms with van der Waals surface area (Å²) in [6, 6.07) is 0.926. The first-order chi connectivity index (χ1) is 8.86. The van der Waals surface area contributed by atoms with Gasteiger partial charge in [-0.3, -0.25) is 4.79 Å². The summed E-state index contributed by atoms with van der Waals surface area (Å²) in [6.45, 7) is 8.06. The van der Waals surface area contributed by atoms with E-state index in [1.807, 2.05) is 11.9 Å². The summed E-state index contributed by atoms with van der Waals surface area (Å²) >= 11 is 0. The van der Waals surface area contributed by atoms with E-state index < -0.39 is 0 Å². The Bertz CT molecular complexity index is 293. The Morgan fingerprint density at radius 1 is 1.47 bits per heavy atom. The molecule has 0 unspecified atom stereocenters. The summed E-state index contributed by atoms with van der Waals surface area (Å²) in [7, 11) is 4.11. The van der Waals surface area contributed by atoms with E-state index in [2.05, 4.69) is 32.7 Å². The van der Waals surface area contributed by atoms with Crippen molar-refractivity contribution < 1.29 is 4.79 Å². The third-order valence-electron chi connectivity index (χ3n) is 4.47. The molecule has 2 N–H and O–H groups in total. The molecule has 4 nitrogen and oxygen atoms in total. The molecule has 1 aliphatic heterocycles. The number of hydrogen-bond donors (Lipinski definition) is 1. The van der Waals surface area contributed by atoms with E-state index in [9.17, 15) is 4.79 Å². The van der Waals surface area contributed by atoms with Crippen molar-refractivity contribution in [1.82, 2.24) is 9.80 Å². The van der Waals surface area contributed by atoms with Crippen LogP contribution in [-0.2, 0) is 4.79 Å². The van der Waals surface area contributed by atoms with E-state index in [4.69, 9.17) is 5.73 Å². The molecule has 1 heterocycles. The zero-order valence-electron chi connectivity index (χ0n) is 13.2. The molecule has 0 aromatic rings. The van der Waals surface area contributed by atoms with Crippen molar-refractivity contribution in [3.05, 3.63) is 0 Å². The predicted octanol–water partition coefficient (Wildman–Crippen LogP) is 1.55. The number of nitrogens with two attached hydrogens (primary N) is 1. The molecule has 0 spiro atoms. The molecule has 0 aliphatic carbocycles. The average Bonchev–Trinajstić information content (AvgIpc) is 2.37. The molecular weight excluding hydrogens is 238 g/mol. The van der Waals surface area contributed by atoms with Crippen LogP contribution in [0, 0.1) is 11.8 Å². The minimum absolute atomic E-state index is 0.0139. The van der Waals surface area contributed by atoms with E-state index in [-0.39, 0.29) is 11.8 Å². The van der Waals surface area contributed by atoms with Gasteiger partial charge in [0.2, 0.25) is 5.91 Å². The van der Waals surface area contributed by atoms with E-state index >= 15 is 0 Å². The maximum Gasteiger partial charge on any atom is 0.226 e. The fourth-order valence-electron chi connectivity index (χ4n) is 2.95. The van der Waals surface area contributed by atoms with Gasteiger partial charge in [0.05, 0.1) is 5.92 Å². The second kappa shape index (κ2) is 7.25. The van der Waals surface area contributed by atoms with Crippen molar-refractivity contribution in [2.45, 2.75) is 52.1 Å². The zero-order chi connectivity index (χ0) is 14.6. The Balaban J connectivity index is 2.60. The van der Waals surface area contributed by atoms with Crippen LogP contribution in [0.3, 0.4) is 0 Å². The van der Waals surface area contributed by atoms with Crippen LogP contribution in [0.4, 0.5) is 0 Å². The van der Waals surface area contributed by atoms with Gasteiger partial charge in [-0.05, 0) is 39.2 Å². The first-order valence-corrected chi connectivity index (χ1v) is 7.53. The Morgan fingerprint density at radius 3 is 2.58 bits per heavy atom. The van der Waals surface area contributed by atoms with Crippen LogP contribution in [0.1, 0.15) is 40.0 Å². The van der Waals surface area contributed by atoms with Crippen LogP contribution in [0.25, 0.3) is 0 Å². The van der Waals surface area contributed by atoms with Crippen molar-refractivity contribution in [3.8, 4) is 0 Å². The lowest BCUT2D eigenvalue weighted by Crippen LogP contribution is -2.50. The smallest absolute Gasteiger partial charge is 0.226 e. The third-order valence-corrected chi connectivity index (χ3v) is 4.47. The largest absolute Gasteiger partial charge is 0.342 e. The Labute approximate surface area is 118 Å². The summed E-state index contributed by atoms with van der Waals surface area (Å²) in [4.78, 5) is 16.9. The van der Waals surface area contributed by atoms with Crippen molar-refractivity contribution in [3.63, 3.8) is 0 Å². The summed E-state index contributed by atoms with van der Waals surface area (Å²) in [5.41, 5.74) is 5.78. The molecule has 0 aromatic heterocycles. The average molecular weight is 269 g/mol. The lowest BCUT2D eigenvalue weighted by atomic mass is 9.93. The van der Waals surface area contributed by atoms with Gasteiger partial charge in [0.25, 0.3) is 0 Å². The number of likely N-dealkylation sites (tertiary alicyclic amines) is 1. The summed E-state index contributed by atoms with van der Waals surface area (Å²) < 4.78 is 0. The number of amides is 1. The maximum absolute atomic E-state index is 12.5. The summed E-state index contributed by atoms with van der Waals surface area (Å²) in [5, 5.41) is 0. The van der Waals surface area contributed by atoms with E-state index in [0.29, 0.717) is 24.5 Å². The highest BCUT2D eigenvalue weighted by Gasteiger charge is 2.30. The van der Waals surface area contributed by atoms with Gasteiger partial charge in [-0.2, -0.15) is 0 Å². The second-order valence-electron chi connectivity index (χ2n) is 6.52. The van der Waals surface area contributed by atoms with Gasteiger partial charge >= 0.3 is 0 Å². The third kappa shape index (κ3) is 4.46. The fourth-order valence-corrected chi connectivity index (χ4v) is 2.95. The molecule has 19 heavy (non-hydrogen) atoms. The molecule has 0 aromatic carbocycles. The van der Waals surface area contributed by atoms with Crippen LogP contribution in [-0.4, -0.2) is 55.0 Å². The highest BCUT2D eigenvalue weighted by Crippen LogP contribution is 2.22. The van der Waals surface area contributed by atoms with E-state index in [1.54, 1.807) is 0 Å². The monoisotopic (exact) mass is 269 g/mol. The Kier molecular flexibility index (Phi) is 6.27. The number of nitrogens with zero attached hydrogens (tertiary/aromatic N) is 2. The lowest BCUT2D eigenvalue weighted by molar-refractivity contribution is -0.137. The fraction of sp³-hybridized carbons (Fsp3) is 0.933. The Morgan fingerprint density at radius 2 is 2.11 bits per heavy atom. The molecule has 3 atom stereocenters. The molecule has 1 fully saturated rings. The molecule has 4 heteroatoms. The van der Waals surface area contributed by atoms with Crippen molar-refractivity contribution in [1.29, 1.82) is 0 Å². The minimum Gasteiger partial charge on any atom is -0.342 e. The first kappa shape index (κ1) is 16.4. The standard InChI is InChI=1S/C15H31N3O/c1-11(2)8-13(10-16)15(19)18(5)14-6-7-17(4)12(3)9-14/h11-14H,6-10,16H2,1-5H3/t12-,13-,14-/m1/s1. The summed E-state index contributed by atoms with van der Waals surface area (Å²) in [6.07, 6.45) is 3.03. The van der Waals surface area contributed by atoms with Crippen molar-refractivity contribution in [2.75, 3.05) is 27.2 Å². The van der Waals surface area contributed by atoms with Crippen LogP contribution in [0.5, 0.6) is 0 Å². The van der Waals surface area contributed by atoms with Crippen molar-refractivity contribution >= 4 is 5.91 Å². The molecule has 0 saturated carbocycles. The van der Waals surface area contributed by atoms with E-state index in [0.717, 1.165) is 25.8 Å². The molecule has 112 valence electrons. The van der Waals surface area contributed by atoms with Crippen molar-refractivity contribution in [2.24, 2.45) is 17.6 Å². The normalized spacial score (nSPS) is 26.5. The number of piperidine rings is 1. The quantitative estimate of drug-likeness (QED) is 0.824. The van der Waals surface area contributed by atoms with Gasteiger partial charge in [0.1, 0.15) is 0 Å². The van der Waals surface area contributed by atoms with Gasteiger partial charge in [-0.25, -0.2) is 0 Å². The molecule has 1 rings (SSSR count). The molecule has 1 amide bonds. The molecular formula is C15H31N3O. The molecule has 1 saturated heterocycles. The molecule has 0 radical (unpaired) electrons. The second-order valence-corrected chi connectivity index (χ2v) is 6.52. The maximum atomic E-state index is 12.5. The van der Waals surface area contributed by atoms with Gasteiger partial charge < -0.3 is 15.5 Å². The van der Waals surface area contributed by atoms with Gasteiger partial charge in [-0.15, -0.1) is 0 Å². The number of rotatable bonds is 5. The predicted molar refractivity (Wildman–Crippen MR) is 79.9 cm³/mol. The minimum atomic E-state index is -0.0139. The lowest BCUT2D eigenvalue weighted by Gasteiger charge is -2.40. The number of hydrogen-bond acceptors (Lipinski definition) is 3. The summed E-state index contributed by atoms with van der Waals surface area (Å²) in [5.74, 6) is 0.736. The highest BCUT2D eigenvalue weighted by molar-refractivity contribution is 5.79. The van der Waals surface area contributed by atoms with Gasteiger partial charge in [0, 0.05) is 32.2 Å². The number of carbonyl (C=O) groups excluding carboxylic acids is 1. The van der Waals surface area contributed by atoms with E-state index in [1.165, 1.54) is 0 Å². The molecule has 1 aliphatic rings. The highest BCUT2D eigenvalue weighted by atomic mass is 16.2. The SMILES string of the molecule is CC(C)C[C@H](CN)C(=O)N(C)[C@@H]1CCN(C)[C@H](C)C1. The van der Waals surface area contributed by atoms with Crippen LogP contribution in [0.2, 0.25) is 0 Å². The van der Waals surface area contributed by atoms with Crippen LogP contribution in [0.15, 0.2) is 0 Å². The first-order valence-electron chi connectivity index (χ1n) is 7.53. The van der Waals surface area contributed by atoms with Crippen LogP contribution < -0.4 is 5.73 Å². The Hall–Kier alpha value is -0.610. The molecule has 0 bridgehead atoms. The topological polar surface area (TPSA) is 49.6 Å². The van der Waals surface area contributed by atoms with Gasteiger partial charge in [-0.1, -0.05) is 13.8 Å².